The third-order valence-electron chi connectivity index (χ3n) is 6.48. The average Bonchev–Trinajstić information content (AvgIpc) is 2.58. The Balaban J connectivity index is 0. The van der Waals surface area contributed by atoms with Crippen molar-refractivity contribution in [3.8, 4) is 0 Å². The molecule has 0 radical (unpaired) electrons. The number of hydrogen-bond acceptors (Lipinski definition) is 1. The summed E-state index contributed by atoms with van der Waals surface area (Å²) in [4.78, 5) is 0. The van der Waals surface area contributed by atoms with E-state index >= 15 is 0 Å². The van der Waals surface area contributed by atoms with Gasteiger partial charge < -0.3 is 0 Å². The molecule has 0 bridgehead atoms. The van der Waals surface area contributed by atoms with E-state index in [2.05, 4.69) is 100 Å². The van der Waals surface area contributed by atoms with Gasteiger partial charge in [-0.1, -0.05) is 0 Å². The number of methoxy groups -OCH3 is 1. The van der Waals surface area contributed by atoms with Crippen molar-refractivity contribution in [3.05, 3.63) is 0 Å². The summed E-state index contributed by atoms with van der Waals surface area (Å²) >= 11 is 8.37. The predicted octanol–water partition coefficient (Wildman–Crippen LogP) is 9.39. The fourth-order valence-electron chi connectivity index (χ4n) is 4.81. The van der Waals surface area contributed by atoms with Crippen molar-refractivity contribution in [1.29, 1.82) is 0 Å². The second-order valence-corrected chi connectivity index (χ2v) is 33.7. The van der Waals surface area contributed by atoms with Crippen molar-refractivity contribution < 1.29 is 4.74 Å². The zero-order valence-corrected chi connectivity index (χ0v) is 26.1. The first kappa shape index (κ1) is 32.0. The molecule has 5 heteroatoms. The van der Waals surface area contributed by atoms with Crippen LogP contribution in [-0.4, -0.2) is 63.0 Å². The normalized spacial score (nSPS) is 15.7. The van der Waals surface area contributed by atoms with Crippen molar-refractivity contribution in [2.24, 2.45) is 17.8 Å². The molecule has 0 aliphatic heterocycles. The van der Waals surface area contributed by atoms with Crippen molar-refractivity contribution in [2.75, 3.05) is 63.0 Å². The SMILES string of the molecule is CCP(Br)(CC(C)C)(CC(C)C)CC(C)C.CCP(Br)(CC)(CC)CCOC. The van der Waals surface area contributed by atoms with Crippen molar-refractivity contribution in [3.63, 3.8) is 0 Å². The third-order valence-corrected chi connectivity index (χ3v) is 28.7. The monoisotopic (exact) mass is 566 g/mol. The van der Waals surface area contributed by atoms with E-state index in [1.54, 1.807) is 7.11 Å². The molecule has 0 aromatic heterocycles. The molecule has 0 heterocycles. The van der Waals surface area contributed by atoms with Gasteiger partial charge in [-0.05, 0) is 0 Å². The zero-order chi connectivity index (χ0) is 22.7. The first-order valence-corrected chi connectivity index (χ1v) is 21.6. The fourth-order valence-corrected chi connectivity index (χ4v) is 20.1. The Kier molecular flexibility index (Phi) is 15.2. The maximum absolute atomic E-state index is 5.17. The molecule has 0 atom stereocenters. The van der Waals surface area contributed by atoms with E-state index < -0.39 is 10.6 Å². The number of halogens is 2. The van der Waals surface area contributed by atoms with E-state index in [4.69, 9.17) is 4.74 Å². The van der Waals surface area contributed by atoms with Crippen molar-refractivity contribution in [1.82, 2.24) is 0 Å². The molecule has 0 N–H and O–H groups in total. The van der Waals surface area contributed by atoms with Crippen molar-refractivity contribution >= 4 is 41.6 Å². The second kappa shape index (κ2) is 13.4. The predicted molar refractivity (Wildman–Crippen MR) is 150 cm³/mol. The van der Waals surface area contributed by atoms with Crippen LogP contribution in [0.25, 0.3) is 0 Å². The Morgan fingerprint density at radius 3 is 1.07 bits per heavy atom. The standard InChI is InChI=1S/C14H32BrP.C9H22BrOP/c1-8-16(15,9-12(2)3,10-13(4)5)11-14(6)7;1-5-12(10,6-2,7-3)9-8-11-4/h12-14H,8-11H2,1-7H3;5-9H2,1-4H3. The summed E-state index contributed by atoms with van der Waals surface area (Å²) in [7, 11) is 1.79. The van der Waals surface area contributed by atoms with Gasteiger partial charge in [-0.15, -0.1) is 0 Å². The summed E-state index contributed by atoms with van der Waals surface area (Å²) in [5.74, 6) is 2.44. The Morgan fingerprint density at radius 2 is 0.893 bits per heavy atom. The summed E-state index contributed by atoms with van der Waals surface area (Å²) in [5, 5.41) is -3.14. The molecule has 0 saturated carbocycles. The summed E-state index contributed by atoms with van der Waals surface area (Å²) in [6.07, 6.45) is 10.7. The topological polar surface area (TPSA) is 9.23 Å². The Morgan fingerprint density at radius 1 is 0.607 bits per heavy atom. The number of ether oxygens (including phenoxy) is 1. The van der Waals surface area contributed by atoms with Gasteiger partial charge in [-0.3, -0.25) is 0 Å². The first-order valence-electron chi connectivity index (χ1n) is 11.6. The molecule has 0 aliphatic carbocycles. The molecule has 0 fully saturated rings. The van der Waals surface area contributed by atoms with Gasteiger partial charge in [0, 0.05) is 0 Å². The van der Waals surface area contributed by atoms with E-state index in [-0.39, 0.29) is 0 Å². The summed E-state index contributed by atoms with van der Waals surface area (Å²) in [6.45, 7) is 24.5. The summed E-state index contributed by atoms with van der Waals surface area (Å²) in [6, 6.07) is 0. The van der Waals surface area contributed by atoms with Crippen molar-refractivity contribution in [2.45, 2.75) is 69.2 Å². The van der Waals surface area contributed by atoms with E-state index in [9.17, 15) is 0 Å². The van der Waals surface area contributed by atoms with Crippen LogP contribution in [0.15, 0.2) is 0 Å². The van der Waals surface area contributed by atoms with Crippen LogP contribution < -0.4 is 0 Å². The molecular weight excluding hydrogens is 514 g/mol. The molecule has 0 aromatic rings. The minimum atomic E-state index is -1.63. The molecule has 0 rings (SSSR count). The third kappa shape index (κ3) is 11.4. The van der Waals surface area contributed by atoms with Gasteiger partial charge in [0.1, 0.15) is 0 Å². The van der Waals surface area contributed by atoms with E-state index in [0.29, 0.717) is 0 Å². The van der Waals surface area contributed by atoms with Crippen LogP contribution in [0.1, 0.15) is 69.2 Å². The van der Waals surface area contributed by atoms with Gasteiger partial charge in [0.15, 0.2) is 0 Å². The zero-order valence-electron chi connectivity index (χ0n) is 21.2. The van der Waals surface area contributed by atoms with E-state index in [1.807, 2.05) is 0 Å². The summed E-state index contributed by atoms with van der Waals surface area (Å²) < 4.78 is 5.17. The van der Waals surface area contributed by atoms with Gasteiger partial charge in [-0.2, -0.15) is 0 Å². The van der Waals surface area contributed by atoms with E-state index in [1.165, 1.54) is 49.3 Å². The molecule has 176 valence electrons. The summed E-state index contributed by atoms with van der Waals surface area (Å²) in [5.41, 5.74) is 0. The van der Waals surface area contributed by atoms with Gasteiger partial charge in [0.05, 0.1) is 0 Å². The van der Waals surface area contributed by atoms with Crippen LogP contribution in [0.5, 0.6) is 0 Å². The van der Waals surface area contributed by atoms with Crippen LogP contribution in [0, 0.1) is 17.8 Å². The molecule has 0 amide bonds. The van der Waals surface area contributed by atoms with Crippen LogP contribution in [0.3, 0.4) is 0 Å². The maximum atomic E-state index is 5.17. The van der Waals surface area contributed by atoms with Gasteiger partial charge in [0.25, 0.3) is 0 Å². The number of hydrogen-bond donors (Lipinski definition) is 0. The van der Waals surface area contributed by atoms with Crippen LogP contribution in [-0.2, 0) is 4.74 Å². The first-order chi connectivity index (χ1) is 12.6. The second-order valence-electron chi connectivity index (χ2n) is 10.4. The molecule has 28 heavy (non-hydrogen) atoms. The van der Waals surface area contributed by atoms with Crippen LogP contribution in [0.4, 0.5) is 0 Å². The van der Waals surface area contributed by atoms with Gasteiger partial charge in [0.2, 0.25) is 0 Å². The number of rotatable bonds is 13. The fraction of sp³-hybridized carbons (Fsp3) is 1.00. The molecule has 0 aliphatic rings. The molecule has 0 unspecified atom stereocenters. The Hall–Kier alpha value is 1.78. The minimum absolute atomic E-state index is 0.814. The Bertz CT molecular complexity index is 381. The van der Waals surface area contributed by atoms with Gasteiger partial charge >= 0.3 is 196 Å². The molecule has 0 aromatic carbocycles. The quantitative estimate of drug-likeness (QED) is 0.201. The molecule has 0 saturated heterocycles. The molecular formula is C23H54Br2OP2. The van der Waals surface area contributed by atoms with Gasteiger partial charge in [-0.25, -0.2) is 0 Å². The Labute approximate surface area is 195 Å². The van der Waals surface area contributed by atoms with Crippen LogP contribution in [0.2, 0.25) is 0 Å². The van der Waals surface area contributed by atoms with Crippen LogP contribution >= 0.6 is 41.6 Å². The molecule has 1 nitrogen and oxygen atoms in total. The van der Waals surface area contributed by atoms with E-state index in [0.717, 1.165) is 24.4 Å². The average molecular weight is 568 g/mol. The molecule has 0 spiro atoms.